The van der Waals surface area contributed by atoms with Gasteiger partial charge in [0, 0.05) is 35.6 Å². The van der Waals surface area contributed by atoms with Crippen LogP contribution in [-0.4, -0.2) is 16.3 Å². The lowest BCUT2D eigenvalue weighted by atomic mass is 9.96. The van der Waals surface area contributed by atoms with Gasteiger partial charge in [-0.1, -0.05) is 48.0 Å². The molecule has 7 heteroatoms. The minimum absolute atomic E-state index is 0.131. The number of aromatic nitrogens is 2. The zero-order valence-electron chi connectivity index (χ0n) is 20.5. The van der Waals surface area contributed by atoms with Crippen molar-refractivity contribution >= 4 is 28.8 Å². The van der Waals surface area contributed by atoms with Crippen LogP contribution in [0.5, 0.6) is 11.5 Å². The van der Waals surface area contributed by atoms with E-state index in [4.69, 9.17) is 26.3 Å². The van der Waals surface area contributed by atoms with Crippen molar-refractivity contribution in [1.29, 1.82) is 5.26 Å². The van der Waals surface area contributed by atoms with Crippen molar-refractivity contribution in [2.24, 2.45) is 0 Å². The first-order valence-electron chi connectivity index (χ1n) is 11.9. The Balaban J connectivity index is 1.36. The van der Waals surface area contributed by atoms with E-state index in [1.54, 1.807) is 24.5 Å². The second-order valence-corrected chi connectivity index (χ2v) is 9.12. The first kappa shape index (κ1) is 24.9. The number of hydrogen-bond acceptors (Lipinski definition) is 6. The molecule has 0 radical (unpaired) electrons. The highest BCUT2D eigenvalue weighted by Crippen LogP contribution is 2.34. The van der Waals surface area contributed by atoms with Crippen molar-refractivity contribution in [1.82, 2.24) is 9.97 Å². The summed E-state index contributed by atoms with van der Waals surface area (Å²) in [5.74, 6) is 0.728. The smallest absolute Gasteiger partial charge is 0.153 e. The normalized spacial score (nSPS) is 10.7. The number of carbonyl (C=O) groups is 1. The Kier molecular flexibility index (Phi) is 7.30. The molecule has 0 amide bonds. The summed E-state index contributed by atoms with van der Waals surface area (Å²) in [7, 11) is 0. The predicted octanol–water partition coefficient (Wildman–Crippen LogP) is 7.10. The van der Waals surface area contributed by atoms with Crippen LogP contribution in [0.1, 0.15) is 32.6 Å². The molecule has 2 aromatic heterocycles. The molecule has 3 aromatic carbocycles. The van der Waals surface area contributed by atoms with Crippen LogP contribution in [0.3, 0.4) is 0 Å². The molecule has 0 saturated carbocycles. The van der Waals surface area contributed by atoms with Gasteiger partial charge in [0.05, 0.1) is 21.7 Å². The van der Waals surface area contributed by atoms with Gasteiger partial charge in [0.2, 0.25) is 0 Å². The summed E-state index contributed by atoms with van der Waals surface area (Å²) in [5, 5.41) is 10.5. The number of carbonyl (C=O) groups excluding carboxylic acids is 1. The van der Waals surface area contributed by atoms with Crippen molar-refractivity contribution in [2.75, 3.05) is 0 Å². The average Bonchev–Trinajstić information content (AvgIpc) is 2.96. The summed E-state index contributed by atoms with van der Waals surface area (Å²) >= 11 is 6.43. The van der Waals surface area contributed by atoms with Crippen molar-refractivity contribution < 1.29 is 14.3 Å². The Hall–Kier alpha value is -4.73. The highest BCUT2D eigenvalue weighted by Gasteiger charge is 2.13. The number of nitrogens with zero attached hydrogens (tertiary/aromatic N) is 3. The number of aldehydes is 1. The minimum atomic E-state index is 0.131. The number of benzene rings is 3. The van der Waals surface area contributed by atoms with Crippen LogP contribution < -0.4 is 9.47 Å². The zero-order valence-corrected chi connectivity index (χ0v) is 21.3. The van der Waals surface area contributed by atoms with Crippen molar-refractivity contribution in [3.8, 4) is 28.7 Å². The maximum Gasteiger partial charge on any atom is 0.153 e. The van der Waals surface area contributed by atoms with Gasteiger partial charge in [-0.15, -0.1) is 0 Å². The number of halogens is 1. The molecular weight excluding hydrogens is 498 g/mol. The molecular formula is C31H22ClN3O3. The largest absolute Gasteiger partial charge is 0.488 e. The molecule has 0 atom stereocenters. The van der Waals surface area contributed by atoms with E-state index in [0.29, 0.717) is 39.5 Å². The second kappa shape index (κ2) is 11.1. The second-order valence-electron chi connectivity index (χ2n) is 8.71. The molecule has 0 aliphatic carbocycles. The van der Waals surface area contributed by atoms with E-state index >= 15 is 0 Å². The van der Waals surface area contributed by atoms with Gasteiger partial charge in [-0.3, -0.25) is 14.8 Å². The van der Waals surface area contributed by atoms with Gasteiger partial charge in [0.1, 0.15) is 30.8 Å². The molecule has 186 valence electrons. The first-order valence-corrected chi connectivity index (χ1v) is 12.3. The summed E-state index contributed by atoms with van der Waals surface area (Å²) in [6, 6.07) is 23.2. The zero-order chi connectivity index (χ0) is 26.5. The van der Waals surface area contributed by atoms with Crippen molar-refractivity contribution in [3.05, 3.63) is 118 Å². The predicted molar refractivity (Wildman–Crippen MR) is 146 cm³/mol. The van der Waals surface area contributed by atoms with Crippen LogP contribution in [-0.2, 0) is 13.2 Å². The number of hydrogen-bond donors (Lipinski definition) is 0. The van der Waals surface area contributed by atoms with Gasteiger partial charge in [0.25, 0.3) is 0 Å². The van der Waals surface area contributed by atoms with Crippen LogP contribution in [0.4, 0.5) is 0 Å². The van der Waals surface area contributed by atoms with Crippen LogP contribution in [0.25, 0.3) is 22.0 Å². The number of nitriles is 1. The maximum absolute atomic E-state index is 11.6. The third kappa shape index (κ3) is 5.34. The standard InChI is InChI=1S/C31H22ClN3O3/c1-20-25(4-2-6-27(20)24-8-7-23-5-3-9-35-29(23)12-24)19-38-31-13-30(26(17-36)11-28(31)32)37-18-22-10-21(14-33)15-34-16-22/h2-13,15-17H,18-19H2,1H3. The fourth-order valence-corrected chi connectivity index (χ4v) is 4.44. The lowest BCUT2D eigenvalue weighted by Crippen LogP contribution is -2.03. The quantitative estimate of drug-likeness (QED) is 0.203. The van der Waals surface area contributed by atoms with Gasteiger partial charge in [-0.2, -0.15) is 5.26 Å². The summed E-state index contributed by atoms with van der Waals surface area (Å²) in [4.78, 5) is 20.2. The van der Waals surface area contributed by atoms with Crippen molar-refractivity contribution in [3.63, 3.8) is 0 Å². The SMILES string of the molecule is Cc1c(COc2cc(OCc3cncc(C#N)c3)c(C=O)cc2Cl)cccc1-c1ccc2cccnc2c1. The minimum Gasteiger partial charge on any atom is -0.488 e. The van der Waals surface area contributed by atoms with Gasteiger partial charge in [-0.05, 0) is 53.4 Å². The van der Waals surface area contributed by atoms with Gasteiger partial charge < -0.3 is 9.47 Å². The summed E-state index contributed by atoms with van der Waals surface area (Å²) in [6.45, 7) is 2.47. The van der Waals surface area contributed by atoms with Crippen molar-refractivity contribution in [2.45, 2.75) is 20.1 Å². The monoisotopic (exact) mass is 519 g/mol. The summed E-state index contributed by atoms with van der Waals surface area (Å²) < 4.78 is 12.0. The molecule has 0 N–H and O–H groups in total. The van der Waals surface area contributed by atoms with E-state index < -0.39 is 0 Å². The maximum atomic E-state index is 11.6. The van der Waals surface area contributed by atoms with Crippen LogP contribution in [0.15, 0.2) is 85.3 Å². The molecule has 0 unspecified atom stereocenters. The van der Waals surface area contributed by atoms with E-state index in [1.165, 1.54) is 12.3 Å². The lowest BCUT2D eigenvalue weighted by molar-refractivity contribution is 0.111. The van der Waals surface area contributed by atoms with Gasteiger partial charge >= 0.3 is 0 Å². The topological polar surface area (TPSA) is 85.1 Å². The molecule has 5 aromatic rings. The Morgan fingerprint density at radius 2 is 1.84 bits per heavy atom. The molecule has 0 spiro atoms. The van der Waals surface area contributed by atoms with Crippen LogP contribution in [0, 0.1) is 18.3 Å². The highest BCUT2D eigenvalue weighted by atomic mass is 35.5. The Morgan fingerprint density at radius 1 is 0.974 bits per heavy atom. The van der Waals surface area contributed by atoms with Crippen LogP contribution >= 0.6 is 11.6 Å². The van der Waals surface area contributed by atoms with E-state index in [9.17, 15) is 4.79 Å². The van der Waals surface area contributed by atoms with Gasteiger partial charge in [-0.25, -0.2) is 0 Å². The average molecular weight is 520 g/mol. The lowest BCUT2D eigenvalue weighted by Gasteiger charge is -2.16. The molecule has 38 heavy (non-hydrogen) atoms. The number of ether oxygens (including phenoxy) is 2. The van der Waals surface area contributed by atoms with E-state index in [-0.39, 0.29) is 13.2 Å². The molecule has 0 bridgehead atoms. The van der Waals surface area contributed by atoms with E-state index in [2.05, 4.69) is 41.2 Å². The number of fused-ring (bicyclic) bond motifs is 1. The fourth-order valence-electron chi connectivity index (χ4n) is 4.21. The molecule has 0 saturated heterocycles. The summed E-state index contributed by atoms with van der Waals surface area (Å²) in [5.41, 5.74) is 6.64. The third-order valence-corrected chi connectivity index (χ3v) is 6.55. The molecule has 6 nitrogen and oxygen atoms in total. The third-order valence-electron chi connectivity index (χ3n) is 6.26. The molecule has 5 rings (SSSR count). The number of rotatable bonds is 8. The van der Waals surface area contributed by atoms with Gasteiger partial charge in [0.15, 0.2) is 6.29 Å². The highest BCUT2D eigenvalue weighted by molar-refractivity contribution is 6.32. The van der Waals surface area contributed by atoms with E-state index in [0.717, 1.165) is 33.2 Å². The molecule has 0 aliphatic rings. The Labute approximate surface area is 225 Å². The summed E-state index contributed by atoms with van der Waals surface area (Å²) in [6.07, 6.45) is 5.56. The molecule has 0 fully saturated rings. The van der Waals surface area contributed by atoms with E-state index in [1.807, 2.05) is 30.3 Å². The van der Waals surface area contributed by atoms with Crippen LogP contribution in [0.2, 0.25) is 5.02 Å². The Morgan fingerprint density at radius 3 is 2.68 bits per heavy atom. The Bertz CT molecular complexity index is 1690. The number of pyridine rings is 2. The molecule has 0 aliphatic heterocycles. The molecule has 2 heterocycles. The first-order chi connectivity index (χ1) is 18.6. The fraction of sp³-hybridized carbons (Fsp3) is 0.0968.